The lowest BCUT2D eigenvalue weighted by Gasteiger charge is -2.07. The van der Waals surface area contributed by atoms with E-state index in [1.807, 2.05) is 18.4 Å². The van der Waals surface area contributed by atoms with E-state index in [1.54, 1.807) is 41.2 Å². The van der Waals surface area contributed by atoms with Crippen molar-refractivity contribution in [2.24, 2.45) is 0 Å². The van der Waals surface area contributed by atoms with Crippen LogP contribution < -0.4 is 10.6 Å². The molecule has 148 valence electrons. The van der Waals surface area contributed by atoms with Crippen LogP contribution in [0.1, 0.15) is 51.3 Å². The summed E-state index contributed by atoms with van der Waals surface area (Å²) in [6, 6.07) is 7.23. The number of hydrogen-bond donors (Lipinski definition) is 2. The molecule has 2 aromatic heterocycles. The summed E-state index contributed by atoms with van der Waals surface area (Å²) in [5.41, 5.74) is 2.08. The molecule has 1 aromatic carbocycles. The van der Waals surface area contributed by atoms with Crippen LogP contribution >= 0.6 is 11.3 Å². The number of carbonyl (C=O) groups excluding carboxylic acids is 2. The zero-order valence-electron chi connectivity index (χ0n) is 15.8. The van der Waals surface area contributed by atoms with Crippen LogP contribution in [0.3, 0.4) is 0 Å². The van der Waals surface area contributed by atoms with Gasteiger partial charge < -0.3 is 10.6 Å². The van der Waals surface area contributed by atoms with Crippen molar-refractivity contribution in [3.05, 3.63) is 57.8 Å². The number of amides is 2. The Labute approximate surface area is 171 Å². The minimum Gasteiger partial charge on any atom is -0.352 e. The number of benzene rings is 1. The van der Waals surface area contributed by atoms with E-state index in [-0.39, 0.29) is 23.6 Å². The van der Waals surface area contributed by atoms with E-state index in [0.717, 1.165) is 17.8 Å². The first-order chi connectivity index (χ1) is 14.2. The van der Waals surface area contributed by atoms with Crippen molar-refractivity contribution >= 4 is 35.3 Å². The molecule has 1 aliphatic rings. The fourth-order valence-electron chi connectivity index (χ4n) is 2.76. The monoisotopic (exact) mass is 408 g/mol. The van der Waals surface area contributed by atoms with Gasteiger partial charge in [-0.05, 0) is 56.2 Å². The topological polar surface area (TPSA) is 102 Å². The third kappa shape index (κ3) is 4.40. The molecule has 29 heavy (non-hydrogen) atoms. The van der Waals surface area contributed by atoms with E-state index in [0.29, 0.717) is 23.5 Å². The molecular formula is C20H20N6O2S. The highest BCUT2D eigenvalue weighted by atomic mass is 32.1. The number of aromatic nitrogens is 4. The molecule has 0 spiro atoms. The van der Waals surface area contributed by atoms with Crippen molar-refractivity contribution in [1.29, 1.82) is 0 Å². The third-order valence-corrected chi connectivity index (χ3v) is 5.12. The summed E-state index contributed by atoms with van der Waals surface area (Å²) >= 11 is 1.50. The van der Waals surface area contributed by atoms with Gasteiger partial charge in [-0.25, -0.2) is 9.67 Å². The van der Waals surface area contributed by atoms with Gasteiger partial charge in [0.2, 0.25) is 0 Å². The van der Waals surface area contributed by atoms with Crippen LogP contribution in [0, 0.1) is 0 Å². The second-order valence-corrected chi connectivity index (χ2v) is 7.52. The van der Waals surface area contributed by atoms with Crippen molar-refractivity contribution < 1.29 is 9.59 Å². The van der Waals surface area contributed by atoms with Gasteiger partial charge in [0.15, 0.2) is 5.69 Å². The van der Waals surface area contributed by atoms with Gasteiger partial charge in [0.05, 0.1) is 5.69 Å². The number of nitrogens with zero attached hydrogens (tertiary/aromatic N) is 4. The molecule has 1 fully saturated rings. The van der Waals surface area contributed by atoms with Crippen LogP contribution in [-0.4, -0.2) is 44.4 Å². The van der Waals surface area contributed by atoms with E-state index < -0.39 is 0 Å². The summed E-state index contributed by atoms with van der Waals surface area (Å²) in [6.07, 6.45) is 7.33. The Hall–Kier alpha value is -3.33. The molecule has 0 aliphatic heterocycles. The van der Waals surface area contributed by atoms with Crippen molar-refractivity contribution in [2.45, 2.75) is 25.8 Å². The van der Waals surface area contributed by atoms with Crippen LogP contribution in [0.5, 0.6) is 0 Å². The zero-order valence-corrected chi connectivity index (χ0v) is 16.6. The lowest BCUT2D eigenvalue weighted by molar-refractivity contribution is 0.0941. The van der Waals surface area contributed by atoms with Crippen LogP contribution in [0.15, 0.2) is 35.8 Å². The molecule has 1 aliphatic carbocycles. The maximum atomic E-state index is 12.6. The summed E-state index contributed by atoms with van der Waals surface area (Å²) < 4.78 is 1.59. The lowest BCUT2D eigenvalue weighted by Crippen LogP contribution is -2.26. The first-order valence-electron chi connectivity index (χ1n) is 9.38. The number of carbonyl (C=O) groups is 2. The van der Waals surface area contributed by atoms with Gasteiger partial charge in [0.25, 0.3) is 11.8 Å². The van der Waals surface area contributed by atoms with Gasteiger partial charge in [0.1, 0.15) is 10.7 Å². The highest BCUT2D eigenvalue weighted by Gasteiger charge is 2.27. The fraction of sp³-hybridized carbons (Fsp3) is 0.250. The summed E-state index contributed by atoms with van der Waals surface area (Å²) in [4.78, 5) is 28.8. The maximum Gasteiger partial charge on any atom is 0.274 e. The van der Waals surface area contributed by atoms with Crippen LogP contribution in [0.2, 0.25) is 0 Å². The molecule has 1 saturated carbocycles. The summed E-state index contributed by atoms with van der Waals surface area (Å²) in [5, 5.41) is 16.7. The van der Waals surface area contributed by atoms with Crippen molar-refractivity contribution in [1.82, 2.24) is 30.6 Å². The van der Waals surface area contributed by atoms with Crippen LogP contribution in [0.4, 0.5) is 0 Å². The first-order valence-corrected chi connectivity index (χ1v) is 10.3. The number of rotatable bonds is 7. The molecule has 2 amide bonds. The van der Waals surface area contributed by atoms with Crippen molar-refractivity contribution in [3.8, 4) is 5.69 Å². The standard InChI is InChI=1S/C20H20N6O2S/c1-2-21-19(27)13-3-7-15(8-4-13)26-16(9-10-17-22-11-12-29-17)18(24-25-26)20(28)23-14-5-6-14/h3-4,7-12,14H,2,5-6H2,1H3,(H,21,27)(H,23,28). The average molecular weight is 408 g/mol. The largest absolute Gasteiger partial charge is 0.352 e. The Bertz CT molecular complexity index is 1040. The fourth-order valence-corrected chi connectivity index (χ4v) is 3.29. The number of hydrogen-bond acceptors (Lipinski definition) is 6. The molecule has 2 heterocycles. The molecule has 3 aromatic rings. The molecule has 0 saturated heterocycles. The quantitative estimate of drug-likeness (QED) is 0.626. The molecule has 9 heteroatoms. The molecule has 0 unspecified atom stereocenters. The van der Waals surface area contributed by atoms with E-state index in [2.05, 4.69) is 25.9 Å². The minimum absolute atomic E-state index is 0.133. The number of thiazole rings is 1. The van der Waals surface area contributed by atoms with Crippen LogP contribution in [0.25, 0.3) is 17.8 Å². The lowest BCUT2D eigenvalue weighted by atomic mass is 10.2. The summed E-state index contributed by atoms with van der Waals surface area (Å²) in [5.74, 6) is -0.373. The van der Waals surface area contributed by atoms with E-state index in [1.165, 1.54) is 11.3 Å². The minimum atomic E-state index is -0.239. The van der Waals surface area contributed by atoms with E-state index in [9.17, 15) is 9.59 Å². The smallest absolute Gasteiger partial charge is 0.274 e. The molecule has 8 nitrogen and oxygen atoms in total. The van der Waals surface area contributed by atoms with Crippen molar-refractivity contribution in [3.63, 3.8) is 0 Å². The van der Waals surface area contributed by atoms with Crippen LogP contribution in [-0.2, 0) is 0 Å². The molecule has 0 bridgehead atoms. The van der Waals surface area contributed by atoms with Gasteiger partial charge in [-0.1, -0.05) is 5.21 Å². The van der Waals surface area contributed by atoms with Gasteiger partial charge in [0, 0.05) is 29.7 Å². The normalized spacial score (nSPS) is 13.6. The van der Waals surface area contributed by atoms with Gasteiger partial charge >= 0.3 is 0 Å². The third-order valence-electron chi connectivity index (χ3n) is 4.38. The maximum absolute atomic E-state index is 12.6. The number of nitrogens with one attached hydrogen (secondary N) is 2. The van der Waals surface area contributed by atoms with E-state index in [4.69, 9.17) is 0 Å². The summed E-state index contributed by atoms with van der Waals surface area (Å²) in [7, 11) is 0. The molecule has 0 atom stereocenters. The molecule has 4 rings (SSSR count). The van der Waals surface area contributed by atoms with Gasteiger partial charge in [-0.15, -0.1) is 16.4 Å². The highest BCUT2D eigenvalue weighted by Crippen LogP contribution is 2.21. The second kappa shape index (κ2) is 8.36. The van der Waals surface area contributed by atoms with Gasteiger partial charge in [-0.2, -0.15) is 0 Å². The Morgan fingerprint density at radius 3 is 2.66 bits per heavy atom. The molecular weight excluding hydrogens is 388 g/mol. The Morgan fingerprint density at radius 2 is 2.00 bits per heavy atom. The predicted molar refractivity (Wildman–Crippen MR) is 111 cm³/mol. The molecule has 0 radical (unpaired) electrons. The average Bonchev–Trinajstić information content (AvgIpc) is 3.21. The first kappa shape index (κ1) is 19.0. The Morgan fingerprint density at radius 1 is 1.21 bits per heavy atom. The van der Waals surface area contributed by atoms with E-state index >= 15 is 0 Å². The van der Waals surface area contributed by atoms with Gasteiger partial charge in [-0.3, -0.25) is 9.59 Å². The highest BCUT2D eigenvalue weighted by molar-refractivity contribution is 7.10. The zero-order chi connectivity index (χ0) is 20.2. The van der Waals surface area contributed by atoms with Crippen molar-refractivity contribution in [2.75, 3.05) is 6.54 Å². The Kier molecular flexibility index (Phi) is 5.48. The Balaban J connectivity index is 1.67. The SMILES string of the molecule is CCNC(=O)c1ccc(-n2nnc(C(=O)NC3CC3)c2C=Cc2nccs2)cc1. The second-order valence-electron chi connectivity index (χ2n) is 6.59. The summed E-state index contributed by atoms with van der Waals surface area (Å²) in [6.45, 7) is 2.44. The predicted octanol–water partition coefficient (Wildman–Crippen LogP) is 2.54. The molecule has 2 N–H and O–H groups in total.